The summed E-state index contributed by atoms with van der Waals surface area (Å²) < 4.78 is 11.4. The highest BCUT2D eigenvalue weighted by Gasteiger charge is 2.27. The van der Waals surface area contributed by atoms with E-state index in [9.17, 15) is 9.59 Å². The number of ketones is 1. The molecule has 2 heterocycles. The van der Waals surface area contributed by atoms with Crippen LogP contribution < -0.4 is 9.47 Å². The second-order valence-corrected chi connectivity index (χ2v) is 10.4. The van der Waals surface area contributed by atoms with E-state index in [0.29, 0.717) is 24.0 Å². The number of benzene rings is 1. The smallest absolute Gasteiger partial charge is 0.246 e. The molecule has 2 saturated heterocycles. The third-order valence-corrected chi connectivity index (χ3v) is 7.67. The van der Waals surface area contributed by atoms with Gasteiger partial charge in [-0.2, -0.15) is 0 Å². The van der Waals surface area contributed by atoms with E-state index in [2.05, 4.69) is 23.8 Å². The second-order valence-electron chi connectivity index (χ2n) is 10.4. The molecule has 0 saturated carbocycles. The van der Waals surface area contributed by atoms with Crippen LogP contribution in [-0.2, 0) is 11.2 Å². The Balaban J connectivity index is 1.61. The largest absolute Gasteiger partial charge is 0.496 e. The third-order valence-electron chi connectivity index (χ3n) is 7.67. The maximum absolute atomic E-state index is 13.1. The first-order valence-electron chi connectivity index (χ1n) is 14.2. The molecule has 206 valence electrons. The van der Waals surface area contributed by atoms with Crippen molar-refractivity contribution in [2.75, 3.05) is 60.0 Å². The Bertz CT molecular complexity index is 908. The molecule has 0 N–H and O–H groups in total. The lowest BCUT2D eigenvalue weighted by Crippen LogP contribution is -2.47. The van der Waals surface area contributed by atoms with Crippen LogP contribution >= 0.6 is 0 Å². The van der Waals surface area contributed by atoms with Crippen LogP contribution in [0.5, 0.6) is 11.5 Å². The number of unbranched alkanes of at least 4 members (excludes halogenated alkanes) is 3. The number of amides is 1. The Morgan fingerprint density at radius 1 is 0.946 bits per heavy atom. The van der Waals surface area contributed by atoms with Gasteiger partial charge in [-0.05, 0) is 76.9 Å². The van der Waals surface area contributed by atoms with E-state index in [1.54, 1.807) is 7.11 Å². The zero-order valence-corrected chi connectivity index (χ0v) is 23.5. The number of likely N-dealkylation sites (N-methyl/N-ethyl adjacent to an activating group) is 1. The fourth-order valence-corrected chi connectivity index (χ4v) is 5.42. The van der Waals surface area contributed by atoms with Gasteiger partial charge < -0.3 is 19.3 Å². The van der Waals surface area contributed by atoms with Crippen molar-refractivity contribution < 1.29 is 19.1 Å². The van der Waals surface area contributed by atoms with E-state index in [-0.39, 0.29) is 11.7 Å². The predicted octanol–water partition coefficient (Wildman–Crippen LogP) is 4.58. The molecule has 0 unspecified atom stereocenters. The van der Waals surface area contributed by atoms with Crippen LogP contribution in [0.4, 0.5) is 0 Å². The highest BCUT2D eigenvalue weighted by atomic mass is 16.5. The Kier molecular flexibility index (Phi) is 11.9. The van der Waals surface area contributed by atoms with E-state index in [1.807, 2.05) is 24.0 Å². The van der Waals surface area contributed by atoms with Gasteiger partial charge in [-0.3, -0.25) is 14.5 Å². The normalized spacial score (nSPS) is 18.2. The molecule has 0 atom stereocenters. The number of aryl methyl sites for hydroxylation is 1. The lowest BCUT2D eigenvalue weighted by atomic mass is 9.99. The molecule has 37 heavy (non-hydrogen) atoms. The SMILES string of the molecule is CCCCCCc1cc(C(=O)C=CC(=O)N2CCC(N3CCCN(C)CC3)CC2)c(OC)cc1OCC. The molecule has 7 nitrogen and oxygen atoms in total. The molecule has 0 spiro atoms. The number of ether oxygens (including phenoxy) is 2. The molecule has 1 aromatic carbocycles. The Morgan fingerprint density at radius 3 is 2.43 bits per heavy atom. The quantitative estimate of drug-likeness (QED) is 0.232. The molecule has 0 bridgehead atoms. The van der Waals surface area contributed by atoms with Gasteiger partial charge in [0.1, 0.15) is 11.5 Å². The molecule has 1 aromatic rings. The zero-order valence-electron chi connectivity index (χ0n) is 23.5. The van der Waals surface area contributed by atoms with Crippen molar-refractivity contribution >= 4 is 11.7 Å². The van der Waals surface area contributed by atoms with Gasteiger partial charge in [0.15, 0.2) is 5.78 Å². The minimum absolute atomic E-state index is 0.0907. The number of allylic oxidation sites excluding steroid dienone is 1. The number of carbonyl (C=O) groups is 2. The molecule has 2 fully saturated rings. The Morgan fingerprint density at radius 2 is 1.73 bits per heavy atom. The Labute approximate surface area is 223 Å². The zero-order chi connectivity index (χ0) is 26.6. The summed E-state index contributed by atoms with van der Waals surface area (Å²) in [5.74, 6) is 0.942. The number of rotatable bonds is 12. The Hall–Kier alpha value is -2.38. The standard InChI is InChI=1S/C30H47N3O4/c1-5-7-8-9-11-24-22-26(29(36-4)23-28(24)37-6-2)27(34)12-13-30(35)33-18-14-25(15-19-33)32-17-10-16-31(3)20-21-32/h12-13,22-23,25H,5-11,14-21H2,1-4H3. The monoisotopic (exact) mass is 513 g/mol. The first-order chi connectivity index (χ1) is 18.0. The van der Waals surface area contributed by atoms with Crippen LogP contribution in [0.3, 0.4) is 0 Å². The van der Waals surface area contributed by atoms with E-state index < -0.39 is 0 Å². The summed E-state index contributed by atoms with van der Waals surface area (Å²) in [6, 6.07) is 4.24. The van der Waals surface area contributed by atoms with E-state index in [4.69, 9.17) is 9.47 Å². The molecule has 0 aliphatic carbocycles. The van der Waals surface area contributed by atoms with Crippen LogP contribution in [-0.4, -0.2) is 92.5 Å². The minimum Gasteiger partial charge on any atom is -0.496 e. The summed E-state index contributed by atoms with van der Waals surface area (Å²) >= 11 is 0. The summed E-state index contributed by atoms with van der Waals surface area (Å²) in [6.45, 7) is 10.7. The third kappa shape index (κ3) is 8.57. The number of likely N-dealkylation sites (tertiary alicyclic amines) is 1. The summed E-state index contributed by atoms with van der Waals surface area (Å²) in [4.78, 5) is 32.9. The van der Waals surface area contributed by atoms with Crippen molar-refractivity contribution in [3.8, 4) is 11.5 Å². The van der Waals surface area contributed by atoms with Gasteiger partial charge in [-0.25, -0.2) is 0 Å². The van der Waals surface area contributed by atoms with Crippen LogP contribution in [0.15, 0.2) is 24.3 Å². The van der Waals surface area contributed by atoms with Gasteiger partial charge in [0.2, 0.25) is 5.91 Å². The summed E-state index contributed by atoms with van der Waals surface area (Å²) in [5.41, 5.74) is 1.49. The van der Waals surface area contributed by atoms with Crippen LogP contribution in [0, 0.1) is 0 Å². The average Bonchev–Trinajstić information content (AvgIpc) is 3.14. The molecule has 0 aromatic heterocycles. The molecular weight excluding hydrogens is 466 g/mol. The predicted molar refractivity (Wildman–Crippen MR) is 149 cm³/mol. The summed E-state index contributed by atoms with van der Waals surface area (Å²) in [7, 11) is 3.75. The summed E-state index contributed by atoms with van der Waals surface area (Å²) in [5, 5.41) is 0. The number of hydrogen-bond donors (Lipinski definition) is 0. The number of methoxy groups -OCH3 is 1. The van der Waals surface area contributed by atoms with Crippen molar-refractivity contribution in [2.45, 2.75) is 71.3 Å². The topological polar surface area (TPSA) is 62.3 Å². The number of carbonyl (C=O) groups excluding carboxylic acids is 2. The van der Waals surface area contributed by atoms with Crippen molar-refractivity contribution in [2.24, 2.45) is 0 Å². The fraction of sp³-hybridized carbons (Fsp3) is 0.667. The van der Waals surface area contributed by atoms with Crippen LogP contribution in [0.2, 0.25) is 0 Å². The maximum Gasteiger partial charge on any atom is 0.246 e. The van der Waals surface area contributed by atoms with Crippen LogP contribution in [0.1, 0.15) is 74.7 Å². The van der Waals surface area contributed by atoms with Gasteiger partial charge >= 0.3 is 0 Å². The van der Waals surface area contributed by atoms with Crippen molar-refractivity contribution in [3.63, 3.8) is 0 Å². The lowest BCUT2D eigenvalue weighted by Gasteiger charge is -2.37. The van der Waals surface area contributed by atoms with E-state index in [0.717, 1.165) is 82.7 Å². The minimum atomic E-state index is -0.216. The van der Waals surface area contributed by atoms with Gasteiger partial charge in [0.05, 0.1) is 19.3 Å². The lowest BCUT2D eigenvalue weighted by molar-refractivity contribution is -0.127. The first-order valence-corrected chi connectivity index (χ1v) is 14.2. The van der Waals surface area contributed by atoms with Gasteiger partial charge in [0, 0.05) is 44.4 Å². The van der Waals surface area contributed by atoms with Crippen LogP contribution in [0.25, 0.3) is 0 Å². The molecule has 0 radical (unpaired) electrons. The number of hydrogen-bond acceptors (Lipinski definition) is 6. The molecular formula is C30H47N3O4. The average molecular weight is 514 g/mol. The highest BCUT2D eigenvalue weighted by Crippen LogP contribution is 2.31. The van der Waals surface area contributed by atoms with Gasteiger partial charge in [-0.1, -0.05) is 26.2 Å². The molecule has 1 amide bonds. The number of nitrogens with zero attached hydrogens (tertiary/aromatic N) is 3. The fourth-order valence-electron chi connectivity index (χ4n) is 5.42. The van der Waals surface area contributed by atoms with Gasteiger partial charge in [-0.15, -0.1) is 0 Å². The molecule has 2 aliphatic heterocycles. The number of piperidine rings is 1. The molecule has 3 rings (SSSR count). The first kappa shape index (κ1) is 29.2. The van der Waals surface area contributed by atoms with E-state index in [1.165, 1.54) is 31.4 Å². The van der Waals surface area contributed by atoms with E-state index >= 15 is 0 Å². The van der Waals surface area contributed by atoms with Crippen molar-refractivity contribution in [1.29, 1.82) is 0 Å². The highest BCUT2D eigenvalue weighted by molar-refractivity contribution is 6.09. The second kappa shape index (κ2) is 15.1. The van der Waals surface area contributed by atoms with Crippen molar-refractivity contribution in [1.82, 2.24) is 14.7 Å². The molecule has 7 heteroatoms. The summed E-state index contributed by atoms with van der Waals surface area (Å²) in [6.07, 6.45) is 11.4. The van der Waals surface area contributed by atoms with Gasteiger partial charge in [0.25, 0.3) is 0 Å². The maximum atomic E-state index is 13.1. The van der Waals surface area contributed by atoms with Crippen molar-refractivity contribution in [3.05, 3.63) is 35.4 Å². The molecule has 2 aliphatic rings.